The third-order valence-electron chi connectivity index (χ3n) is 6.53. The van der Waals surface area contributed by atoms with E-state index in [1.807, 2.05) is 16.8 Å². The van der Waals surface area contributed by atoms with Crippen LogP contribution in [0.2, 0.25) is 0 Å². The van der Waals surface area contributed by atoms with E-state index in [0.717, 1.165) is 74.6 Å². The Bertz CT molecular complexity index is 799. The Labute approximate surface area is 184 Å². The molecular formula is C22H34N6O3. The lowest BCUT2D eigenvalue weighted by Crippen LogP contribution is -2.42. The molecule has 2 saturated heterocycles. The number of piperidine rings is 1. The zero-order valence-corrected chi connectivity index (χ0v) is 18.7. The standard InChI is InChI=1S/C22H34N6O3/c1-23-21-16-14-26(2)11-8-17(16)24-22(25-21)18-6-3-4-10-28(18)20(30)15-31-13-12-27-9-5-7-19(27)29/h18H,3-15H2,1-2H3,(H,23,24,25). The van der Waals surface area contributed by atoms with Gasteiger partial charge in [0, 0.05) is 58.2 Å². The highest BCUT2D eigenvalue weighted by Crippen LogP contribution is 2.32. The summed E-state index contributed by atoms with van der Waals surface area (Å²) in [7, 11) is 4.00. The molecule has 3 aliphatic heterocycles. The zero-order chi connectivity index (χ0) is 21.8. The van der Waals surface area contributed by atoms with E-state index in [9.17, 15) is 9.59 Å². The summed E-state index contributed by atoms with van der Waals surface area (Å²) in [6, 6.07) is -0.109. The van der Waals surface area contributed by atoms with Gasteiger partial charge in [-0.2, -0.15) is 0 Å². The van der Waals surface area contributed by atoms with Gasteiger partial charge in [0.15, 0.2) is 5.82 Å². The van der Waals surface area contributed by atoms with E-state index in [1.54, 1.807) is 0 Å². The number of likely N-dealkylation sites (tertiary alicyclic amines) is 2. The summed E-state index contributed by atoms with van der Waals surface area (Å²) in [5, 5.41) is 3.23. The summed E-state index contributed by atoms with van der Waals surface area (Å²) >= 11 is 0. The summed E-state index contributed by atoms with van der Waals surface area (Å²) < 4.78 is 5.65. The quantitative estimate of drug-likeness (QED) is 0.650. The third kappa shape index (κ3) is 4.98. The van der Waals surface area contributed by atoms with Crippen LogP contribution < -0.4 is 5.32 Å². The van der Waals surface area contributed by atoms with Crippen LogP contribution >= 0.6 is 0 Å². The number of hydrogen-bond donors (Lipinski definition) is 1. The first kappa shape index (κ1) is 22.0. The average molecular weight is 431 g/mol. The molecule has 0 aromatic carbocycles. The number of ether oxygens (including phenoxy) is 1. The van der Waals surface area contributed by atoms with Gasteiger partial charge in [-0.15, -0.1) is 0 Å². The van der Waals surface area contributed by atoms with E-state index < -0.39 is 0 Å². The number of rotatable bonds is 7. The number of anilines is 1. The van der Waals surface area contributed by atoms with Gasteiger partial charge in [0.25, 0.3) is 0 Å². The fourth-order valence-electron chi connectivity index (χ4n) is 4.78. The van der Waals surface area contributed by atoms with Gasteiger partial charge in [0.05, 0.1) is 18.3 Å². The number of nitrogens with one attached hydrogen (secondary N) is 1. The second-order valence-electron chi connectivity index (χ2n) is 8.73. The Morgan fingerprint density at radius 3 is 2.81 bits per heavy atom. The van der Waals surface area contributed by atoms with E-state index in [1.165, 1.54) is 0 Å². The molecule has 2 amide bonds. The van der Waals surface area contributed by atoms with Gasteiger partial charge in [-0.3, -0.25) is 9.59 Å². The van der Waals surface area contributed by atoms with Gasteiger partial charge in [-0.05, 0) is 32.7 Å². The molecule has 1 aromatic heterocycles. The summed E-state index contributed by atoms with van der Waals surface area (Å²) in [5.74, 6) is 1.77. The van der Waals surface area contributed by atoms with Crippen molar-refractivity contribution in [3.63, 3.8) is 0 Å². The molecule has 4 heterocycles. The highest BCUT2D eigenvalue weighted by atomic mass is 16.5. The fourth-order valence-corrected chi connectivity index (χ4v) is 4.78. The summed E-state index contributed by atoms with van der Waals surface area (Å²) in [5.41, 5.74) is 2.26. The number of amides is 2. The molecule has 4 rings (SSSR count). The van der Waals surface area contributed by atoms with Crippen LogP contribution in [0.15, 0.2) is 0 Å². The second-order valence-corrected chi connectivity index (χ2v) is 8.73. The molecular weight excluding hydrogens is 396 g/mol. The summed E-state index contributed by atoms with van der Waals surface area (Å²) in [6.45, 7) is 4.30. The number of aromatic nitrogens is 2. The van der Waals surface area contributed by atoms with Crippen molar-refractivity contribution in [2.24, 2.45) is 0 Å². The lowest BCUT2D eigenvalue weighted by atomic mass is 10.00. The van der Waals surface area contributed by atoms with Gasteiger partial charge in [0.2, 0.25) is 11.8 Å². The average Bonchev–Trinajstić information content (AvgIpc) is 3.20. The summed E-state index contributed by atoms with van der Waals surface area (Å²) in [6.07, 6.45) is 5.35. The third-order valence-corrected chi connectivity index (χ3v) is 6.53. The number of hydrogen-bond acceptors (Lipinski definition) is 7. The minimum Gasteiger partial charge on any atom is -0.373 e. The van der Waals surface area contributed by atoms with E-state index in [2.05, 4.69) is 17.3 Å². The molecule has 1 N–H and O–H groups in total. The lowest BCUT2D eigenvalue weighted by Gasteiger charge is -2.36. The molecule has 0 aliphatic carbocycles. The van der Waals surface area contributed by atoms with Gasteiger partial charge in [-0.1, -0.05) is 0 Å². The van der Waals surface area contributed by atoms with Crippen LogP contribution in [0, 0.1) is 0 Å². The summed E-state index contributed by atoms with van der Waals surface area (Å²) in [4.78, 5) is 40.4. The Morgan fingerprint density at radius 1 is 1.16 bits per heavy atom. The molecule has 0 spiro atoms. The first-order valence-electron chi connectivity index (χ1n) is 11.5. The molecule has 9 heteroatoms. The number of fused-ring (bicyclic) bond motifs is 1. The van der Waals surface area contributed by atoms with E-state index in [0.29, 0.717) is 26.1 Å². The van der Waals surface area contributed by atoms with Crippen molar-refractivity contribution in [2.75, 3.05) is 58.8 Å². The lowest BCUT2D eigenvalue weighted by molar-refractivity contribution is -0.140. The minimum absolute atomic E-state index is 0.0236. The highest BCUT2D eigenvalue weighted by molar-refractivity contribution is 5.78. The van der Waals surface area contributed by atoms with Crippen LogP contribution in [0.4, 0.5) is 5.82 Å². The number of nitrogens with zero attached hydrogens (tertiary/aromatic N) is 5. The van der Waals surface area contributed by atoms with E-state index in [4.69, 9.17) is 14.7 Å². The molecule has 170 valence electrons. The fraction of sp³-hybridized carbons (Fsp3) is 0.727. The Morgan fingerprint density at radius 2 is 2.03 bits per heavy atom. The number of likely N-dealkylation sites (N-methyl/N-ethyl adjacent to an activating group) is 1. The predicted molar refractivity (Wildman–Crippen MR) is 117 cm³/mol. The van der Waals surface area contributed by atoms with Crippen LogP contribution in [-0.2, 0) is 27.3 Å². The molecule has 0 bridgehead atoms. The zero-order valence-electron chi connectivity index (χ0n) is 18.7. The van der Waals surface area contributed by atoms with Crippen molar-refractivity contribution in [3.05, 3.63) is 17.1 Å². The van der Waals surface area contributed by atoms with Gasteiger partial charge in [-0.25, -0.2) is 9.97 Å². The second kappa shape index (κ2) is 9.91. The molecule has 1 aromatic rings. The molecule has 2 fully saturated rings. The number of carbonyl (C=O) groups excluding carboxylic acids is 2. The molecule has 31 heavy (non-hydrogen) atoms. The molecule has 0 saturated carbocycles. The van der Waals surface area contributed by atoms with Crippen LogP contribution in [0.1, 0.15) is 55.2 Å². The van der Waals surface area contributed by atoms with Crippen LogP contribution in [0.25, 0.3) is 0 Å². The maximum atomic E-state index is 13.0. The predicted octanol–water partition coefficient (Wildman–Crippen LogP) is 1.20. The van der Waals surface area contributed by atoms with Crippen molar-refractivity contribution in [1.82, 2.24) is 24.7 Å². The Kier molecular flexibility index (Phi) is 7.02. The smallest absolute Gasteiger partial charge is 0.249 e. The van der Waals surface area contributed by atoms with E-state index in [-0.39, 0.29) is 24.5 Å². The Balaban J connectivity index is 1.41. The Hall–Kier alpha value is -2.26. The minimum atomic E-state index is -0.109. The highest BCUT2D eigenvalue weighted by Gasteiger charge is 2.32. The van der Waals surface area contributed by atoms with Crippen molar-refractivity contribution in [1.29, 1.82) is 0 Å². The monoisotopic (exact) mass is 430 g/mol. The van der Waals surface area contributed by atoms with Crippen molar-refractivity contribution in [2.45, 2.75) is 51.1 Å². The molecule has 1 unspecified atom stereocenters. The first-order valence-corrected chi connectivity index (χ1v) is 11.5. The normalized spacial score (nSPS) is 22.0. The number of carbonyl (C=O) groups is 2. The van der Waals surface area contributed by atoms with Gasteiger partial charge < -0.3 is 24.8 Å². The molecule has 9 nitrogen and oxygen atoms in total. The van der Waals surface area contributed by atoms with Gasteiger partial charge >= 0.3 is 0 Å². The van der Waals surface area contributed by atoms with Crippen molar-refractivity contribution >= 4 is 17.6 Å². The van der Waals surface area contributed by atoms with Crippen molar-refractivity contribution < 1.29 is 14.3 Å². The SMILES string of the molecule is CNc1nc(C2CCCCN2C(=O)COCCN2CCCC2=O)nc2c1CN(C)CC2. The molecule has 1 atom stereocenters. The van der Waals surface area contributed by atoms with Crippen LogP contribution in [0.3, 0.4) is 0 Å². The first-order chi connectivity index (χ1) is 15.1. The van der Waals surface area contributed by atoms with Crippen LogP contribution in [0.5, 0.6) is 0 Å². The molecule has 3 aliphatic rings. The van der Waals surface area contributed by atoms with E-state index >= 15 is 0 Å². The maximum absolute atomic E-state index is 13.0. The van der Waals surface area contributed by atoms with Crippen molar-refractivity contribution in [3.8, 4) is 0 Å². The van der Waals surface area contributed by atoms with Crippen LogP contribution in [-0.4, -0.2) is 90.0 Å². The molecule has 0 radical (unpaired) electrons. The maximum Gasteiger partial charge on any atom is 0.249 e. The van der Waals surface area contributed by atoms with Gasteiger partial charge in [0.1, 0.15) is 12.4 Å². The topological polar surface area (TPSA) is 90.9 Å². The largest absolute Gasteiger partial charge is 0.373 e.